The molecule has 2 rings (SSSR count). The van der Waals surface area contributed by atoms with Gasteiger partial charge in [-0.2, -0.15) is 0 Å². The van der Waals surface area contributed by atoms with Gasteiger partial charge >= 0.3 is 0 Å². The maximum Gasteiger partial charge on any atom is 0.141 e. The Hall–Kier alpha value is -1.10. The van der Waals surface area contributed by atoms with Crippen molar-refractivity contribution < 1.29 is 9.13 Å². The van der Waals surface area contributed by atoms with E-state index in [1.54, 1.807) is 43.3 Å². The van der Waals surface area contributed by atoms with Crippen LogP contribution >= 0.6 is 27.5 Å². The summed E-state index contributed by atoms with van der Waals surface area (Å²) in [4.78, 5) is 0. The molecule has 2 atom stereocenters. The highest BCUT2D eigenvalue weighted by Gasteiger charge is 2.22. The van der Waals surface area contributed by atoms with Gasteiger partial charge in [0.25, 0.3) is 0 Å². The summed E-state index contributed by atoms with van der Waals surface area (Å²) in [5, 5.41) is 0.446. The van der Waals surface area contributed by atoms with E-state index in [1.165, 1.54) is 6.07 Å². The number of hydrogen-bond acceptors (Lipinski definition) is 2. The Morgan fingerprint density at radius 3 is 2.55 bits per heavy atom. The fourth-order valence-electron chi connectivity index (χ4n) is 1.87. The number of benzene rings is 2. The monoisotopic (exact) mass is 357 g/mol. The van der Waals surface area contributed by atoms with Crippen LogP contribution in [-0.4, -0.2) is 6.04 Å². The van der Waals surface area contributed by atoms with Gasteiger partial charge < -0.3 is 10.5 Å². The highest BCUT2D eigenvalue weighted by molar-refractivity contribution is 9.10. The third-order valence-corrected chi connectivity index (χ3v) is 3.63. The van der Waals surface area contributed by atoms with Gasteiger partial charge in [0.05, 0.1) is 5.02 Å². The fraction of sp³-hybridized carbons (Fsp3) is 0.200. The van der Waals surface area contributed by atoms with Gasteiger partial charge in [0.2, 0.25) is 0 Å². The van der Waals surface area contributed by atoms with Crippen molar-refractivity contribution in [2.75, 3.05) is 0 Å². The van der Waals surface area contributed by atoms with Crippen LogP contribution in [0.1, 0.15) is 18.6 Å². The van der Waals surface area contributed by atoms with Gasteiger partial charge in [-0.1, -0.05) is 45.7 Å². The maximum atomic E-state index is 13.9. The van der Waals surface area contributed by atoms with Crippen molar-refractivity contribution in [3.8, 4) is 5.75 Å². The van der Waals surface area contributed by atoms with Crippen LogP contribution in [0.5, 0.6) is 5.75 Å². The van der Waals surface area contributed by atoms with Gasteiger partial charge in [-0.25, -0.2) is 4.39 Å². The minimum atomic E-state index is -0.602. The van der Waals surface area contributed by atoms with Crippen LogP contribution in [0, 0.1) is 5.82 Å². The Balaban J connectivity index is 2.33. The van der Waals surface area contributed by atoms with Gasteiger partial charge in [0.15, 0.2) is 0 Å². The van der Waals surface area contributed by atoms with Crippen molar-refractivity contribution in [2.24, 2.45) is 5.73 Å². The molecular formula is C15H14BrClFNO. The molecule has 0 aliphatic heterocycles. The number of hydrogen-bond donors (Lipinski definition) is 1. The zero-order valence-corrected chi connectivity index (χ0v) is 13.2. The van der Waals surface area contributed by atoms with Gasteiger partial charge in [-0.3, -0.25) is 0 Å². The predicted molar refractivity (Wildman–Crippen MR) is 82.6 cm³/mol. The molecular weight excluding hydrogens is 345 g/mol. The Bertz CT molecular complexity index is 606. The average molecular weight is 359 g/mol. The van der Waals surface area contributed by atoms with Crippen LogP contribution in [0.25, 0.3) is 0 Å². The molecule has 0 bridgehead atoms. The number of rotatable bonds is 4. The van der Waals surface area contributed by atoms with Gasteiger partial charge in [-0.15, -0.1) is 0 Å². The van der Waals surface area contributed by atoms with E-state index in [4.69, 9.17) is 22.1 Å². The third-order valence-electron chi connectivity index (χ3n) is 2.84. The first-order valence-electron chi connectivity index (χ1n) is 6.10. The molecule has 2 unspecified atom stereocenters. The quantitative estimate of drug-likeness (QED) is 0.859. The first kappa shape index (κ1) is 15.3. The molecule has 2 aromatic carbocycles. The first-order valence-corrected chi connectivity index (χ1v) is 7.28. The predicted octanol–water partition coefficient (Wildman–Crippen LogP) is 4.71. The molecule has 0 spiro atoms. The third kappa shape index (κ3) is 3.51. The van der Waals surface area contributed by atoms with Crippen LogP contribution in [-0.2, 0) is 0 Å². The van der Waals surface area contributed by atoms with Crippen molar-refractivity contribution in [3.63, 3.8) is 0 Å². The molecule has 0 aliphatic rings. The van der Waals surface area contributed by atoms with E-state index in [9.17, 15) is 4.39 Å². The van der Waals surface area contributed by atoms with E-state index in [1.807, 2.05) is 0 Å². The standard InChI is InChI=1S/C15H14BrClFNO/c1-9(19)15(11-4-2-3-5-13(11)18)20-14-7-6-10(16)8-12(14)17/h2-9,15H,19H2,1H3. The molecule has 0 amide bonds. The molecule has 0 radical (unpaired) electrons. The van der Waals surface area contributed by atoms with Crippen LogP contribution < -0.4 is 10.5 Å². The number of ether oxygens (including phenoxy) is 1. The van der Waals surface area contributed by atoms with Crippen LogP contribution in [0.4, 0.5) is 4.39 Å². The molecule has 0 aromatic heterocycles. The van der Waals surface area contributed by atoms with Gasteiger partial charge in [-0.05, 0) is 31.2 Å². The van der Waals surface area contributed by atoms with Crippen molar-refractivity contribution in [3.05, 3.63) is 63.3 Å². The Labute approximate surface area is 130 Å². The SMILES string of the molecule is CC(N)C(Oc1ccc(Br)cc1Cl)c1ccccc1F. The minimum Gasteiger partial charge on any atom is -0.482 e. The lowest BCUT2D eigenvalue weighted by Crippen LogP contribution is -2.29. The lowest BCUT2D eigenvalue weighted by molar-refractivity contribution is 0.176. The summed E-state index contributed by atoms with van der Waals surface area (Å²) in [7, 11) is 0. The van der Waals surface area contributed by atoms with Crippen molar-refractivity contribution in [2.45, 2.75) is 19.1 Å². The Kier molecular flexibility index (Phi) is 5.02. The largest absolute Gasteiger partial charge is 0.482 e. The highest BCUT2D eigenvalue weighted by atomic mass is 79.9. The lowest BCUT2D eigenvalue weighted by atomic mass is 10.0. The Morgan fingerprint density at radius 1 is 1.25 bits per heavy atom. The molecule has 5 heteroatoms. The zero-order valence-electron chi connectivity index (χ0n) is 10.8. The molecule has 2 N–H and O–H groups in total. The number of nitrogens with two attached hydrogens (primary N) is 1. The van der Waals surface area contributed by atoms with Crippen LogP contribution in [0.3, 0.4) is 0 Å². The molecule has 0 aliphatic carbocycles. The normalized spacial score (nSPS) is 13.8. The van der Waals surface area contributed by atoms with Gasteiger partial charge in [0, 0.05) is 16.1 Å². The van der Waals surface area contributed by atoms with Crippen molar-refractivity contribution in [1.29, 1.82) is 0 Å². The molecule has 20 heavy (non-hydrogen) atoms. The van der Waals surface area contributed by atoms with E-state index in [2.05, 4.69) is 15.9 Å². The Morgan fingerprint density at radius 2 is 1.95 bits per heavy atom. The van der Waals surface area contributed by atoms with Crippen LogP contribution in [0.15, 0.2) is 46.9 Å². The smallest absolute Gasteiger partial charge is 0.141 e. The number of halogens is 3. The van der Waals surface area contributed by atoms with E-state index in [-0.39, 0.29) is 11.9 Å². The van der Waals surface area contributed by atoms with E-state index < -0.39 is 6.10 Å². The summed E-state index contributed by atoms with van der Waals surface area (Å²) >= 11 is 9.44. The van der Waals surface area contributed by atoms with E-state index in [0.29, 0.717) is 16.3 Å². The highest BCUT2D eigenvalue weighted by Crippen LogP contribution is 2.33. The molecule has 0 fully saturated rings. The minimum absolute atomic E-state index is 0.344. The first-order chi connectivity index (χ1) is 9.49. The summed E-state index contributed by atoms with van der Waals surface area (Å²) in [6.45, 7) is 1.77. The zero-order chi connectivity index (χ0) is 14.7. The second-order valence-electron chi connectivity index (χ2n) is 4.49. The van der Waals surface area contributed by atoms with Crippen LogP contribution in [0.2, 0.25) is 5.02 Å². The topological polar surface area (TPSA) is 35.2 Å². The summed E-state index contributed by atoms with van der Waals surface area (Å²) < 4.78 is 20.5. The molecule has 0 heterocycles. The molecule has 2 nitrogen and oxygen atoms in total. The van der Waals surface area contributed by atoms with Gasteiger partial charge in [0.1, 0.15) is 17.7 Å². The van der Waals surface area contributed by atoms with E-state index in [0.717, 1.165) is 4.47 Å². The van der Waals surface area contributed by atoms with Crippen molar-refractivity contribution in [1.82, 2.24) is 0 Å². The average Bonchev–Trinajstić information content (AvgIpc) is 2.39. The second kappa shape index (κ2) is 6.57. The van der Waals surface area contributed by atoms with E-state index >= 15 is 0 Å². The summed E-state index contributed by atoms with van der Waals surface area (Å²) in [6, 6.07) is 11.3. The lowest BCUT2D eigenvalue weighted by Gasteiger charge is -2.24. The molecule has 2 aromatic rings. The summed E-state index contributed by atoms with van der Waals surface area (Å²) in [5.74, 6) is 0.128. The van der Waals surface area contributed by atoms with Crippen molar-refractivity contribution >= 4 is 27.5 Å². The fourth-order valence-corrected chi connectivity index (χ4v) is 2.59. The molecule has 0 saturated carbocycles. The summed E-state index contributed by atoms with van der Waals surface area (Å²) in [5.41, 5.74) is 6.34. The molecule has 0 saturated heterocycles. The second-order valence-corrected chi connectivity index (χ2v) is 5.82. The maximum absolute atomic E-state index is 13.9. The molecule has 106 valence electrons. The summed E-state index contributed by atoms with van der Waals surface area (Å²) in [6.07, 6.45) is -0.602.